The second-order valence-electron chi connectivity index (χ2n) is 7.92. The molecule has 1 spiro atoms. The molecule has 4 rings (SSSR count). The van der Waals surface area contributed by atoms with Crippen LogP contribution in [-0.2, 0) is 14.4 Å². The topological polar surface area (TPSA) is 92.3 Å². The van der Waals surface area contributed by atoms with Gasteiger partial charge >= 0.3 is 6.03 Å². The summed E-state index contributed by atoms with van der Waals surface area (Å²) in [5, 5.41) is 4.59. The zero-order chi connectivity index (χ0) is 20.8. The molecule has 148 valence electrons. The zero-order valence-electron chi connectivity index (χ0n) is 16.3. The van der Waals surface area contributed by atoms with Gasteiger partial charge in [0.05, 0.1) is 0 Å². The number of carbonyl (C=O) groups is 4. The molecule has 4 amide bonds. The van der Waals surface area contributed by atoms with Crippen LogP contribution in [0.4, 0.5) is 4.79 Å². The van der Waals surface area contributed by atoms with Crippen molar-refractivity contribution < 1.29 is 19.2 Å². The zero-order valence-corrected chi connectivity index (χ0v) is 16.3. The molecule has 3 unspecified atom stereocenters. The van der Waals surface area contributed by atoms with Crippen molar-refractivity contribution in [2.75, 3.05) is 0 Å². The van der Waals surface area contributed by atoms with Gasteiger partial charge in [-0.3, -0.25) is 25.0 Å². The lowest BCUT2D eigenvalue weighted by atomic mass is 9.51. The third-order valence-corrected chi connectivity index (χ3v) is 6.30. The van der Waals surface area contributed by atoms with Crippen molar-refractivity contribution in [3.63, 3.8) is 0 Å². The van der Waals surface area contributed by atoms with Crippen LogP contribution >= 0.6 is 0 Å². The van der Waals surface area contributed by atoms with E-state index in [-0.39, 0.29) is 12.2 Å². The Morgan fingerprint density at radius 2 is 1.41 bits per heavy atom. The highest BCUT2D eigenvalue weighted by atomic mass is 16.2. The highest BCUT2D eigenvalue weighted by molar-refractivity contribution is 6.21. The molecule has 2 aromatic carbocycles. The number of amides is 4. The Kier molecular flexibility index (Phi) is 4.57. The van der Waals surface area contributed by atoms with E-state index in [0.717, 1.165) is 16.7 Å². The molecule has 1 saturated carbocycles. The van der Waals surface area contributed by atoms with E-state index in [9.17, 15) is 19.2 Å². The summed E-state index contributed by atoms with van der Waals surface area (Å²) in [6.45, 7) is 3.70. The molecule has 0 bridgehead atoms. The summed E-state index contributed by atoms with van der Waals surface area (Å²) in [4.78, 5) is 51.6. The minimum absolute atomic E-state index is 0.00690. The van der Waals surface area contributed by atoms with E-state index in [4.69, 9.17) is 0 Å². The maximum Gasteiger partial charge on any atom is 0.328 e. The van der Waals surface area contributed by atoms with E-state index in [0.29, 0.717) is 0 Å². The molecule has 1 aliphatic heterocycles. The number of aryl methyl sites for hydroxylation is 1. The quantitative estimate of drug-likeness (QED) is 0.772. The number of ketones is 1. The summed E-state index contributed by atoms with van der Waals surface area (Å²) in [5.74, 6) is -3.22. The summed E-state index contributed by atoms with van der Waals surface area (Å²) in [6, 6.07) is 15.8. The number of rotatable bonds is 2. The highest BCUT2D eigenvalue weighted by Gasteiger charge is 2.65. The van der Waals surface area contributed by atoms with Crippen LogP contribution in [0.15, 0.2) is 54.6 Å². The number of hydrogen-bond acceptors (Lipinski definition) is 4. The maximum absolute atomic E-state index is 13.4. The molecule has 29 heavy (non-hydrogen) atoms. The van der Waals surface area contributed by atoms with E-state index in [2.05, 4.69) is 10.6 Å². The van der Waals surface area contributed by atoms with Crippen LogP contribution in [0.2, 0.25) is 0 Å². The van der Waals surface area contributed by atoms with Crippen molar-refractivity contribution in [2.45, 2.75) is 32.1 Å². The Balaban J connectivity index is 1.98. The fourth-order valence-electron chi connectivity index (χ4n) is 4.88. The van der Waals surface area contributed by atoms with Crippen molar-refractivity contribution >= 4 is 23.6 Å². The fourth-order valence-corrected chi connectivity index (χ4v) is 4.88. The van der Waals surface area contributed by atoms with E-state index in [1.165, 1.54) is 0 Å². The van der Waals surface area contributed by atoms with Gasteiger partial charge in [0.25, 0.3) is 0 Å². The number of imide groups is 2. The van der Waals surface area contributed by atoms with Crippen molar-refractivity contribution in [3.8, 4) is 0 Å². The van der Waals surface area contributed by atoms with Gasteiger partial charge in [0, 0.05) is 24.2 Å². The standard InChI is InChI=1S/C23H22N2O4/c1-13-8-10-15(11-9-13)17-12-18(26)14(2)19(16-6-4-3-5-7-16)23(17)20(27)24-22(29)25-21(23)28/h3-11,14,17,19H,12H2,1-2H3,(H2,24,25,27,28,29). The van der Waals surface area contributed by atoms with Crippen LogP contribution in [0.5, 0.6) is 0 Å². The largest absolute Gasteiger partial charge is 0.328 e. The van der Waals surface area contributed by atoms with Crippen LogP contribution in [-0.4, -0.2) is 23.6 Å². The molecule has 6 heteroatoms. The molecule has 0 radical (unpaired) electrons. The number of carbonyl (C=O) groups excluding carboxylic acids is 4. The lowest BCUT2D eigenvalue weighted by Gasteiger charge is -2.50. The maximum atomic E-state index is 13.4. The van der Waals surface area contributed by atoms with Crippen LogP contribution in [0, 0.1) is 18.3 Å². The Morgan fingerprint density at radius 1 is 0.828 bits per heavy atom. The molecular weight excluding hydrogens is 368 g/mol. The van der Waals surface area contributed by atoms with Gasteiger partial charge in [-0.2, -0.15) is 0 Å². The minimum atomic E-state index is -1.60. The van der Waals surface area contributed by atoms with Crippen molar-refractivity contribution in [3.05, 3.63) is 71.3 Å². The lowest BCUT2D eigenvalue weighted by Crippen LogP contribution is -2.68. The molecule has 2 fully saturated rings. The molecule has 6 nitrogen and oxygen atoms in total. The summed E-state index contributed by atoms with van der Waals surface area (Å²) in [5.41, 5.74) is 0.893. The van der Waals surface area contributed by atoms with Crippen LogP contribution in [0.25, 0.3) is 0 Å². The number of nitrogens with one attached hydrogen (secondary N) is 2. The first-order valence-electron chi connectivity index (χ1n) is 9.66. The normalized spacial score (nSPS) is 26.2. The molecule has 2 aliphatic rings. The first kappa shape index (κ1) is 19.1. The third-order valence-electron chi connectivity index (χ3n) is 6.30. The number of barbiturate groups is 1. The van der Waals surface area contributed by atoms with Crippen molar-refractivity contribution in [1.82, 2.24) is 10.6 Å². The number of benzene rings is 2. The van der Waals surface area contributed by atoms with Gasteiger partial charge in [-0.1, -0.05) is 67.1 Å². The minimum Gasteiger partial charge on any atom is -0.299 e. The average molecular weight is 390 g/mol. The van der Waals surface area contributed by atoms with Crippen LogP contribution in [0.3, 0.4) is 0 Å². The summed E-state index contributed by atoms with van der Waals surface area (Å²) in [7, 11) is 0. The van der Waals surface area contributed by atoms with E-state index < -0.39 is 41.0 Å². The molecule has 1 aliphatic carbocycles. The second kappa shape index (κ2) is 6.95. The summed E-state index contributed by atoms with van der Waals surface area (Å²) >= 11 is 0. The van der Waals surface area contributed by atoms with Crippen molar-refractivity contribution in [1.29, 1.82) is 0 Å². The first-order chi connectivity index (χ1) is 13.9. The fraction of sp³-hybridized carbons (Fsp3) is 0.304. The van der Waals surface area contributed by atoms with Gasteiger partial charge in [-0.05, 0) is 18.1 Å². The summed E-state index contributed by atoms with van der Waals surface area (Å²) < 4.78 is 0. The number of urea groups is 1. The predicted octanol–water partition coefficient (Wildman–Crippen LogP) is 2.82. The lowest BCUT2D eigenvalue weighted by molar-refractivity contribution is -0.154. The Bertz CT molecular complexity index is 977. The smallest absolute Gasteiger partial charge is 0.299 e. The van der Waals surface area contributed by atoms with Gasteiger partial charge < -0.3 is 0 Å². The van der Waals surface area contributed by atoms with Gasteiger partial charge in [0.1, 0.15) is 11.2 Å². The van der Waals surface area contributed by atoms with Crippen LogP contribution in [0.1, 0.15) is 41.9 Å². The van der Waals surface area contributed by atoms with Gasteiger partial charge in [0.15, 0.2) is 0 Å². The third kappa shape index (κ3) is 2.87. The number of hydrogen-bond donors (Lipinski definition) is 2. The van der Waals surface area contributed by atoms with Gasteiger partial charge in [-0.15, -0.1) is 0 Å². The number of Topliss-reactive ketones (excluding diaryl/α,β-unsaturated/α-hetero) is 1. The SMILES string of the molecule is Cc1ccc(C2CC(=O)C(C)C(c3ccccc3)C23C(=O)NC(=O)NC3=O)cc1. The highest BCUT2D eigenvalue weighted by Crippen LogP contribution is 2.57. The first-order valence-corrected chi connectivity index (χ1v) is 9.66. The second-order valence-corrected chi connectivity index (χ2v) is 7.92. The molecule has 3 atom stereocenters. The van der Waals surface area contributed by atoms with E-state index in [1.54, 1.807) is 6.92 Å². The molecule has 2 N–H and O–H groups in total. The molecule has 1 saturated heterocycles. The molecule has 2 aromatic rings. The Morgan fingerprint density at radius 3 is 2.00 bits per heavy atom. The predicted molar refractivity (Wildman–Crippen MR) is 106 cm³/mol. The van der Waals surface area contributed by atoms with Gasteiger partial charge in [0.2, 0.25) is 11.8 Å². The summed E-state index contributed by atoms with van der Waals surface area (Å²) in [6.07, 6.45) is 0.0581. The molecule has 0 aromatic heterocycles. The van der Waals surface area contributed by atoms with E-state index >= 15 is 0 Å². The molecular formula is C23H22N2O4. The van der Waals surface area contributed by atoms with Crippen molar-refractivity contribution in [2.24, 2.45) is 11.3 Å². The Labute approximate surface area is 168 Å². The van der Waals surface area contributed by atoms with Crippen LogP contribution < -0.4 is 10.6 Å². The average Bonchev–Trinajstić information content (AvgIpc) is 2.69. The van der Waals surface area contributed by atoms with Gasteiger partial charge in [-0.25, -0.2) is 4.79 Å². The Hall–Kier alpha value is -3.28. The molecule has 1 heterocycles. The van der Waals surface area contributed by atoms with E-state index in [1.807, 2.05) is 61.5 Å². The monoisotopic (exact) mass is 390 g/mol.